The van der Waals surface area contributed by atoms with Crippen LogP contribution in [0.25, 0.3) is 0 Å². The minimum Gasteiger partial charge on any atom is -0.491 e. The molecule has 0 atom stereocenters. The zero-order valence-electron chi connectivity index (χ0n) is 11.2. The molecule has 0 bridgehead atoms. The molecule has 0 aliphatic rings. The first kappa shape index (κ1) is 16.7. The Morgan fingerprint density at radius 2 is 2.10 bits per heavy atom. The minimum atomic E-state index is -0.453. The van der Waals surface area contributed by atoms with Crippen LogP contribution >= 0.6 is 15.9 Å². The van der Waals surface area contributed by atoms with Gasteiger partial charge in [0.05, 0.1) is 17.7 Å². The van der Waals surface area contributed by atoms with Crippen molar-refractivity contribution in [1.82, 2.24) is 5.32 Å². The quantitative estimate of drug-likeness (QED) is 0.733. The molecule has 0 heterocycles. The summed E-state index contributed by atoms with van der Waals surface area (Å²) >= 11 is 3.07. The molecule has 1 rings (SSSR count). The van der Waals surface area contributed by atoms with Crippen molar-refractivity contribution < 1.29 is 23.4 Å². The lowest BCUT2D eigenvalue weighted by molar-refractivity contribution is 0.0814. The Bertz CT molecular complexity index is 431. The van der Waals surface area contributed by atoms with Crippen molar-refractivity contribution >= 4 is 22.0 Å². The van der Waals surface area contributed by atoms with Crippen LogP contribution < -0.4 is 10.1 Å². The molecule has 1 N–H and O–H groups in total. The third-order valence-electron chi connectivity index (χ3n) is 2.26. The van der Waals surface area contributed by atoms with E-state index in [-0.39, 0.29) is 5.82 Å². The van der Waals surface area contributed by atoms with Crippen LogP contribution in [0.2, 0.25) is 0 Å². The van der Waals surface area contributed by atoms with Crippen LogP contribution in [0.4, 0.5) is 9.18 Å². The van der Waals surface area contributed by atoms with Crippen LogP contribution in [0, 0.1) is 5.82 Å². The van der Waals surface area contributed by atoms with Crippen LogP contribution in [0.5, 0.6) is 5.75 Å². The summed E-state index contributed by atoms with van der Waals surface area (Å²) in [5, 5.41) is 2.35. The van der Waals surface area contributed by atoms with E-state index >= 15 is 0 Å². The molecule has 5 nitrogen and oxygen atoms in total. The van der Waals surface area contributed by atoms with Crippen LogP contribution in [-0.4, -0.2) is 39.6 Å². The summed E-state index contributed by atoms with van der Waals surface area (Å²) in [6.45, 7) is 1.49. The molecule has 0 saturated heterocycles. The number of carbonyl (C=O) groups excluding carboxylic acids is 1. The van der Waals surface area contributed by atoms with Crippen LogP contribution in [0.15, 0.2) is 22.7 Å². The highest BCUT2D eigenvalue weighted by molar-refractivity contribution is 9.10. The van der Waals surface area contributed by atoms with E-state index in [1.165, 1.54) is 13.1 Å². The number of hydrogen-bond donors (Lipinski definition) is 1. The zero-order valence-corrected chi connectivity index (χ0v) is 12.7. The Balaban J connectivity index is 2.02. The fourth-order valence-corrected chi connectivity index (χ4v) is 1.53. The van der Waals surface area contributed by atoms with Gasteiger partial charge in [-0.1, -0.05) is 0 Å². The first-order valence-corrected chi connectivity index (χ1v) is 6.93. The van der Waals surface area contributed by atoms with Gasteiger partial charge in [0.1, 0.15) is 18.2 Å². The fraction of sp³-hybridized carbons (Fsp3) is 0.462. The normalized spacial score (nSPS) is 10.2. The number of hydrogen-bond acceptors (Lipinski definition) is 4. The number of rotatable bonds is 8. The van der Waals surface area contributed by atoms with Gasteiger partial charge in [-0.2, -0.15) is 0 Å². The van der Waals surface area contributed by atoms with Crippen molar-refractivity contribution in [3.63, 3.8) is 0 Å². The molecule has 0 aromatic heterocycles. The molecule has 0 aliphatic heterocycles. The van der Waals surface area contributed by atoms with Gasteiger partial charge < -0.3 is 19.5 Å². The van der Waals surface area contributed by atoms with Gasteiger partial charge >= 0.3 is 6.09 Å². The van der Waals surface area contributed by atoms with E-state index in [2.05, 4.69) is 21.2 Å². The van der Waals surface area contributed by atoms with Gasteiger partial charge in [-0.15, -0.1) is 0 Å². The molecule has 0 aliphatic carbocycles. The topological polar surface area (TPSA) is 56.8 Å². The van der Waals surface area contributed by atoms with Crippen molar-refractivity contribution in [1.29, 1.82) is 0 Å². The molecule has 1 amide bonds. The maximum absolute atomic E-state index is 13.2. The molecule has 1 aromatic rings. The first-order chi connectivity index (χ1) is 9.63. The summed E-state index contributed by atoms with van der Waals surface area (Å²) < 4.78 is 29.0. The molecule has 1 aromatic carbocycles. The zero-order chi connectivity index (χ0) is 14.8. The average molecular weight is 350 g/mol. The van der Waals surface area contributed by atoms with Gasteiger partial charge in [-0.3, -0.25) is 0 Å². The maximum atomic E-state index is 13.2. The molecule has 0 spiro atoms. The number of alkyl carbamates (subject to hydrolysis) is 1. The van der Waals surface area contributed by atoms with E-state index in [4.69, 9.17) is 14.2 Å². The summed E-state index contributed by atoms with van der Waals surface area (Å²) in [5.41, 5.74) is 0. The smallest absolute Gasteiger partial charge is 0.406 e. The number of carbonyl (C=O) groups is 1. The highest BCUT2D eigenvalue weighted by Gasteiger charge is 2.01. The van der Waals surface area contributed by atoms with Gasteiger partial charge in [0, 0.05) is 26.1 Å². The molecule has 0 radical (unpaired) electrons. The Morgan fingerprint density at radius 1 is 1.30 bits per heavy atom. The molecule has 7 heteroatoms. The second-order valence-corrected chi connectivity index (χ2v) is 4.63. The second-order valence-electron chi connectivity index (χ2n) is 3.78. The maximum Gasteiger partial charge on any atom is 0.406 e. The van der Waals surface area contributed by atoms with Gasteiger partial charge in [0.15, 0.2) is 0 Å². The minimum absolute atomic E-state index is 0.304. The van der Waals surface area contributed by atoms with Crippen molar-refractivity contribution in [3.8, 4) is 5.75 Å². The first-order valence-electron chi connectivity index (χ1n) is 6.13. The molecule has 0 unspecified atom stereocenters. The van der Waals surface area contributed by atoms with E-state index in [0.717, 1.165) is 0 Å². The number of ether oxygens (including phenoxy) is 3. The van der Waals surface area contributed by atoms with Crippen LogP contribution in [0.3, 0.4) is 0 Å². The Kier molecular flexibility index (Phi) is 7.98. The molecular weight excluding hydrogens is 333 g/mol. The predicted molar refractivity (Wildman–Crippen MR) is 75.4 cm³/mol. The lowest BCUT2D eigenvalue weighted by Gasteiger charge is -2.08. The van der Waals surface area contributed by atoms with Gasteiger partial charge in [-0.25, -0.2) is 9.18 Å². The molecule has 0 fully saturated rings. The van der Waals surface area contributed by atoms with Gasteiger partial charge in [0.2, 0.25) is 0 Å². The third kappa shape index (κ3) is 6.72. The Hall–Kier alpha value is -1.34. The average Bonchev–Trinajstić information content (AvgIpc) is 2.45. The number of nitrogens with one attached hydrogen (secondary N) is 1. The van der Waals surface area contributed by atoms with E-state index in [1.54, 1.807) is 12.1 Å². The lowest BCUT2D eigenvalue weighted by atomic mass is 10.3. The van der Waals surface area contributed by atoms with Gasteiger partial charge in [-0.05, 0) is 28.1 Å². The Morgan fingerprint density at radius 3 is 2.80 bits per heavy atom. The summed E-state index contributed by atoms with van der Waals surface area (Å²) in [5.74, 6) is 0.0898. The Labute approximate surface area is 125 Å². The largest absolute Gasteiger partial charge is 0.491 e. The monoisotopic (exact) mass is 349 g/mol. The second kappa shape index (κ2) is 9.55. The molecular formula is C13H17BrFNO4. The van der Waals surface area contributed by atoms with E-state index < -0.39 is 6.09 Å². The van der Waals surface area contributed by atoms with Gasteiger partial charge in [0.25, 0.3) is 0 Å². The summed E-state index contributed by atoms with van der Waals surface area (Å²) in [6, 6.07) is 4.56. The number of benzene rings is 1. The highest BCUT2D eigenvalue weighted by atomic mass is 79.9. The predicted octanol–water partition coefficient (Wildman–Crippen LogP) is 2.73. The van der Waals surface area contributed by atoms with Crippen LogP contribution in [0.1, 0.15) is 6.42 Å². The van der Waals surface area contributed by atoms with Crippen LogP contribution in [-0.2, 0) is 9.47 Å². The molecule has 0 saturated carbocycles. The van der Waals surface area contributed by atoms with Crippen molar-refractivity contribution in [2.45, 2.75) is 6.42 Å². The fourth-order valence-electron chi connectivity index (χ4n) is 1.29. The molecule has 112 valence electrons. The van der Waals surface area contributed by atoms with E-state index in [9.17, 15) is 9.18 Å². The summed E-state index contributed by atoms with van der Waals surface area (Å²) in [7, 11) is 1.50. The van der Waals surface area contributed by atoms with Crippen molar-refractivity contribution in [2.24, 2.45) is 0 Å². The SMILES string of the molecule is CNC(=O)OCCCOCCOc1ccc(Br)c(F)c1. The third-order valence-corrected chi connectivity index (χ3v) is 2.90. The van der Waals surface area contributed by atoms with Crippen molar-refractivity contribution in [3.05, 3.63) is 28.5 Å². The highest BCUT2D eigenvalue weighted by Crippen LogP contribution is 2.20. The van der Waals surface area contributed by atoms with E-state index in [0.29, 0.717) is 43.1 Å². The standard InChI is InChI=1S/C13H17BrFNO4/c1-16-13(17)20-6-2-5-18-7-8-19-10-3-4-11(14)12(15)9-10/h3-4,9H,2,5-8H2,1H3,(H,16,17). The summed E-state index contributed by atoms with van der Waals surface area (Å²) in [4.78, 5) is 10.7. The summed E-state index contributed by atoms with van der Waals surface area (Å²) in [6.07, 6.45) is 0.158. The lowest BCUT2D eigenvalue weighted by Crippen LogP contribution is -2.20. The number of halogens is 2. The molecule has 20 heavy (non-hydrogen) atoms. The van der Waals surface area contributed by atoms with E-state index in [1.807, 2.05) is 0 Å². The number of amides is 1. The van der Waals surface area contributed by atoms with Crippen molar-refractivity contribution in [2.75, 3.05) is 33.5 Å².